The van der Waals surface area contributed by atoms with Gasteiger partial charge in [0.2, 0.25) is 11.8 Å². The number of nitrogens with one attached hydrogen (secondary N) is 3. The molecule has 2 unspecified atom stereocenters. The van der Waals surface area contributed by atoms with Crippen molar-refractivity contribution in [3.05, 3.63) is 102 Å². The van der Waals surface area contributed by atoms with E-state index in [2.05, 4.69) is 20.9 Å². The minimum Gasteiger partial charge on any atom is -0.481 e. The summed E-state index contributed by atoms with van der Waals surface area (Å²) in [6.45, 7) is 0.496. The van der Waals surface area contributed by atoms with E-state index in [9.17, 15) is 24.3 Å². The van der Waals surface area contributed by atoms with Crippen LogP contribution in [0.4, 0.5) is 16.2 Å². The van der Waals surface area contributed by atoms with Gasteiger partial charge in [-0.05, 0) is 41.5 Å². The van der Waals surface area contributed by atoms with Gasteiger partial charge in [0, 0.05) is 42.5 Å². The fourth-order valence-corrected chi connectivity index (χ4v) is 4.83. The first-order chi connectivity index (χ1) is 19.9. The van der Waals surface area contributed by atoms with Crippen molar-refractivity contribution in [3.63, 3.8) is 0 Å². The third-order valence-electron chi connectivity index (χ3n) is 6.92. The van der Waals surface area contributed by atoms with Crippen LogP contribution >= 0.6 is 0 Å². The summed E-state index contributed by atoms with van der Waals surface area (Å²) in [5, 5.41) is 18.7. The lowest BCUT2D eigenvalue weighted by atomic mass is 10.0. The van der Waals surface area contributed by atoms with Gasteiger partial charge in [0.1, 0.15) is 0 Å². The number of pyridine rings is 1. The second-order valence-electron chi connectivity index (χ2n) is 9.87. The van der Waals surface area contributed by atoms with E-state index in [1.807, 2.05) is 60.7 Å². The summed E-state index contributed by atoms with van der Waals surface area (Å²) in [4.78, 5) is 56.0. The minimum atomic E-state index is -1.07. The molecular formula is C31H29N5O5. The third-order valence-corrected chi connectivity index (χ3v) is 6.92. The first-order valence-electron chi connectivity index (χ1n) is 13.2. The number of carboxylic acid groups (broad SMARTS) is 1. The molecule has 1 aliphatic heterocycles. The van der Waals surface area contributed by atoms with Crippen LogP contribution in [0.15, 0.2) is 91.1 Å². The van der Waals surface area contributed by atoms with E-state index in [1.54, 1.807) is 30.5 Å². The number of hydrogen-bond donors (Lipinski definition) is 4. The molecule has 4 aromatic rings. The maximum absolute atomic E-state index is 13.2. The number of hydrogen-bond acceptors (Lipinski definition) is 5. The highest BCUT2D eigenvalue weighted by Gasteiger charge is 2.36. The number of anilines is 2. The largest absolute Gasteiger partial charge is 0.481 e. The smallest absolute Gasteiger partial charge is 0.319 e. The van der Waals surface area contributed by atoms with Crippen LogP contribution in [0.3, 0.4) is 0 Å². The fourth-order valence-electron chi connectivity index (χ4n) is 4.83. The van der Waals surface area contributed by atoms with E-state index in [1.165, 1.54) is 4.90 Å². The normalized spacial score (nSPS) is 15.4. The average Bonchev–Trinajstić information content (AvgIpc) is 3.37. The quantitative estimate of drug-likeness (QED) is 0.245. The topological polar surface area (TPSA) is 141 Å². The molecule has 0 radical (unpaired) electrons. The lowest BCUT2D eigenvalue weighted by Gasteiger charge is -2.21. The molecule has 2 heterocycles. The van der Waals surface area contributed by atoms with Crippen LogP contribution in [0.25, 0.3) is 10.9 Å². The standard InChI is InChI=1S/C31H29N5O5/c37-28-14-23(30(40)35-27(16-29(38)39)22-13-21-9-4-5-12-26(21)32-18-22)19-36(28)25-11-6-10-24(15-25)34-31(41)33-17-20-7-2-1-3-8-20/h1-13,15,18,23,27H,14,16-17,19H2,(H,35,40)(H,38,39)(H2,33,34,41). The van der Waals surface area contributed by atoms with Crippen molar-refractivity contribution in [1.82, 2.24) is 15.6 Å². The van der Waals surface area contributed by atoms with Crippen LogP contribution in [0.5, 0.6) is 0 Å². The summed E-state index contributed by atoms with van der Waals surface area (Å²) in [5.74, 6) is -2.38. The highest BCUT2D eigenvalue weighted by atomic mass is 16.4. The van der Waals surface area contributed by atoms with E-state index >= 15 is 0 Å². The lowest BCUT2D eigenvalue weighted by Crippen LogP contribution is -2.36. The summed E-state index contributed by atoms with van der Waals surface area (Å²) >= 11 is 0. The number of urea groups is 1. The molecule has 4 amide bonds. The molecule has 10 nitrogen and oxygen atoms in total. The average molecular weight is 552 g/mol. The van der Waals surface area contributed by atoms with E-state index in [-0.39, 0.29) is 31.3 Å². The number of nitrogens with zero attached hydrogens (tertiary/aromatic N) is 2. The summed E-state index contributed by atoms with van der Waals surface area (Å²) in [7, 11) is 0. The second-order valence-corrected chi connectivity index (χ2v) is 9.87. The van der Waals surface area contributed by atoms with Crippen LogP contribution in [0, 0.1) is 5.92 Å². The first-order valence-corrected chi connectivity index (χ1v) is 13.2. The number of carboxylic acids is 1. The van der Waals surface area contributed by atoms with E-state index in [4.69, 9.17) is 0 Å². The molecule has 0 spiro atoms. The van der Waals surface area contributed by atoms with Crippen molar-refractivity contribution in [2.75, 3.05) is 16.8 Å². The zero-order chi connectivity index (χ0) is 28.8. The number of fused-ring (bicyclic) bond motifs is 1. The number of carbonyl (C=O) groups excluding carboxylic acids is 3. The zero-order valence-corrected chi connectivity index (χ0v) is 22.1. The Hall–Kier alpha value is -5.25. The van der Waals surface area contributed by atoms with E-state index in [0.29, 0.717) is 23.5 Å². The molecule has 1 fully saturated rings. The number of rotatable bonds is 9. The Morgan fingerprint density at radius 3 is 2.56 bits per heavy atom. The van der Waals surface area contributed by atoms with E-state index in [0.717, 1.165) is 16.5 Å². The molecule has 1 aliphatic rings. The SMILES string of the molecule is O=C(O)CC(NC(=O)C1CC(=O)N(c2cccc(NC(=O)NCc3ccccc3)c2)C1)c1cnc2ccccc2c1. The third kappa shape index (κ3) is 6.85. The van der Waals surface area contributed by atoms with Gasteiger partial charge < -0.3 is 26.0 Å². The molecule has 41 heavy (non-hydrogen) atoms. The maximum Gasteiger partial charge on any atom is 0.319 e. The van der Waals surface area contributed by atoms with Gasteiger partial charge in [-0.3, -0.25) is 19.4 Å². The van der Waals surface area contributed by atoms with Gasteiger partial charge in [-0.1, -0.05) is 54.6 Å². The van der Waals surface area contributed by atoms with Gasteiger partial charge in [0.25, 0.3) is 0 Å². The Morgan fingerprint density at radius 1 is 0.976 bits per heavy atom. The fraction of sp³-hybridized carbons (Fsp3) is 0.194. The predicted molar refractivity (Wildman–Crippen MR) is 154 cm³/mol. The minimum absolute atomic E-state index is 0.0171. The molecule has 0 saturated carbocycles. The number of amides is 4. The molecule has 0 aliphatic carbocycles. The molecule has 208 valence electrons. The monoisotopic (exact) mass is 551 g/mol. The van der Waals surface area contributed by atoms with Crippen molar-refractivity contribution in [2.24, 2.45) is 5.92 Å². The van der Waals surface area contributed by atoms with E-state index < -0.39 is 23.8 Å². The molecule has 1 saturated heterocycles. The number of para-hydroxylation sites is 1. The Kier molecular flexibility index (Phi) is 8.19. The number of aliphatic carboxylic acids is 1. The number of benzene rings is 3. The van der Waals surface area contributed by atoms with Crippen molar-refractivity contribution in [3.8, 4) is 0 Å². The molecular weight excluding hydrogens is 522 g/mol. The van der Waals surface area contributed by atoms with Crippen molar-refractivity contribution in [1.29, 1.82) is 0 Å². The maximum atomic E-state index is 13.2. The Balaban J connectivity index is 1.23. The molecule has 3 aromatic carbocycles. The summed E-state index contributed by atoms with van der Waals surface area (Å²) < 4.78 is 0. The second kappa shape index (κ2) is 12.3. The lowest BCUT2D eigenvalue weighted by molar-refractivity contribution is -0.138. The highest BCUT2D eigenvalue weighted by Crippen LogP contribution is 2.29. The Morgan fingerprint density at radius 2 is 1.76 bits per heavy atom. The molecule has 1 aromatic heterocycles. The Labute approximate surface area is 236 Å². The van der Waals surface area contributed by atoms with Gasteiger partial charge in [0.15, 0.2) is 0 Å². The Bertz CT molecular complexity index is 1590. The first kappa shape index (κ1) is 27.3. The summed E-state index contributed by atoms with van der Waals surface area (Å²) in [5.41, 5.74) is 3.35. The molecule has 0 bridgehead atoms. The number of carbonyl (C=O) groups is 4. The van der Waals surface area contributed by atoms with Gasteiger partial charge in [-0.15, -0.1) is 0 Å². The molecule has 4 N–H and O–H groups in total. The zero-order valence-electron chi connectivity index (χ0n) is 22.1. The van der Waals surface area contributed by atoms with Crippen molar-refractivity contribution >= 4 is 46.1 Å². The van der Waals surface area contributed by atoms with Gasteiger partial charge >= 0.3 is 12.0 Å². The van der Waals surface area contributed by atoms with Crippen LogP contribution < -0.4 is 20.9 Å². The van der Waals surface area contributed by atoms with Crippen LogP contribution in [0.2, 0.25) is 0 Å². The predicted octanol–water partition coefficient (Wildman–Crippen LogP) is 4.24. The molecule has 10 heteroatoms. The van der Waals surface area contributed by atoms with Crippen molar-refractivity contribution in [2.45, 2.75) is 25.4 Å². The van der Waals surface area contributed by atoms with Gasteiger partial charge in [-0.2, -0.15) is 0 Å². The molecule has 2 atom stereocenters. The number of aromatic nitrogens is 1. The van der Waals surface area contributed by atoms with Gasteiger partial charge in [-0.25, -0.2) is 4.79 Å². The van der Waals surface area contributed by atoms with Gasteiger partial charge in [0.05, 0.1) is 23.9 Å². The van der Waals surface area contributed by atoms with Crippen molar-refractivity contribution < 1.29 is 24.3 Å². The molecule has 5 rings (SSSR count). The van der Waals surface area contributed by atoms with Crippen LogP contribution in [0.1, 0.15) is 30.0 Å². The van der Waals surface area contributed by atoms with Crippen LogP contribution in [-0.4, -0.2) is 40.5 Å². The highest BCUT2D eigenvalue weighted by molar-refractivity contribution is 6.01. The summed E-state index contributed by atoms with van der Waals surface area (Å²) in [6, 6.07) is 24.4. The van der Waals surface area contributed by atoms with Crippen LogP contribution in [-0.2, 0) is 20.9 Å². The summed E-state index contributed by atoms with van der Waals surface area (Å²) in [6.07, 6.45) is 1.23.